The third-order valence-electron chi connectivity index (χ3n) is 4.60. The van der Waals surface area contributed by atoms with Gasteiger partial charge in [0.05, 0.1) is 5.70 Å². The van der Waals surface area contributed by atoms with Crippen LogP contribution in [0.3, 0.4) is 0 Å². The van der Waals surface area contributed by atoms with Crippen LogP contribution in [0, 0.1) is 18.6 Å². The minimum Gasteiger partial charge on any atom is -0.388 e. The van der Waals surface area contributed by atoms with E-state index in [1.807, 2.05) is 0 Å². The van der Waals surface area contributed by atoms with Gasteiger partial charge in [-0.15, -0.1) is 13.2 Å². The number of pyridine rings is 1. The number of aryl methyl sites for hydroxylation is 1. The summed E-state index contributed by atoms with van der Waals surface area (Å²) in [7, 11) is 3.21. The molecule has 1 N–H and O–H groups in total. The molecule has 1 unspecified atom stereocenters. The van der Waals surface area contributed by atoms with Crippen molar-refractivity contribution < 1.29 is 31.5 Å². The molecule has 1 aliphatic heterocycles. The maximum Gasteiger partial charge on any atom is 0.574 e. The number of likely N-dealkylation sites (N-methyl/N-ethyl adjacent to an activating group) is 1. The Morgan fingerprint density at radius 3 is 2.40 bits per heavy atom. The molecule has 1 aliphatic rings. The summed E-state index contributed by atoms with van der Waals surface area (Å²) >= 11 is 0. The highest BCUT2D eigenvalue weighted by Gasteiger charge is 2.35. The molecule has 1 aromatic heterocycles. The molecule has 2 aromatic rings. The molecule has 0 saturated carbocycles. The minimum absolute atomic E-state index is 0.428. The number of hydrogen-bond donors (Lipinski definition) is 1. The lowest BCUT2D eigenvalue weighted by Crippen LogP contribution is -2.43. The second-order valence-corrected chi connectivity index (χ2v) is 6.57. The molecule has 0 fully saturated rings. The number of carbonyl (C=O) groups excluding carboxylic acids is 1. The SMILES string of the molecule is Cc1cc(OC(F)(F)F)ncc1C1=CC(C(=O)Nc2c(F)cccc2F)N(C)N1C. The standard InChI is InChI=1S/C19H17F5N4O2/c1-10-7-16(30-19(22,23)24)25-9-11(10)14-8-15(28(3)27(14)2)18(29)26-17-12(20)5-4-6-13(17)21/h4-9,15H,1-3H3,(H,26,29). The number of halogens is 5. The number of hydrazine groups is 1. The van der Waals surface area contributed by atoms with E-state index in [9.17, 15) is 26.7 Å². The Hall–Kier alpha value is -3.21. The van der Waals surface area contributed by atoms with E-state index in [1.54, 1.807) is 26.0 Å². The molecular formula is C19H17F5N4O2. The van der Waals surface area contributed by atoms with Crippen molar-refractivity contribution in [3.05, 3.63) is 59.3 Å². The van der Waals surface area contributed by atoms with E-state index in [0.717, 1.165) is 18.2 Å². The first-order chi connectivity index (χ1) is 14.0. The molecule has 0 spiro atoms. The zero-order valence-corrected chi connectivity index (χ0v) is 16.1. The maximum absolute atomic E-state index is 13.8. The van der Waals surface area contributed by atoms with Gasteiger partial charge in [-0.25, -0.2) is 18.8 Å². The van der Waals surface area contributed by atoms with Crippen LogP contribution in [-0.4, -0.2) is 47.4 Å². The normalized spacial score (nSPS) is 17.1. The molecule has 6 nitrogen and oxygen atoms in total. The molecule has 11 heteroatoms. The molecule has 30 heavy (non-hydrogen) atoms. The molecule has 0 saturated heterocycles. The van der Waals surface area contributed by atoms with Gasteiger partial charge in [0.1, 0.15) is 23.4 Å². The predicted molar refractivity (Wildman–Crippen MR) is 97.9 cm³/mol. The molecule has 0 aliphatic carbocycles. The minimum atomic E-state index is -4.87. The molecule has 1 atom stereocenters. The summed E-state index contributed by atoms with van der Waals surface area (Å²) < 4.78 is 68.6. The van der Waals surface area contributed by atoms with E-state index in [0.29, 0.717) is 16.8 Å². The van der Waals surface area contributed by atoms with Crippen molar-refractivity contribution >= 4 is 17.3 Å². The van der Waals surface area contributed by atoms with Crippen molar-refractivity contribution in [1.29, 1.82) is 0 Å². The fourth-order valence-electron chi connectivity index (χ4n) is 3.02. The summed E-state index contributed by atoms with van der Waals surface area (Å²) in [5, 5.41) is 5.31. The van der Waals surface area contributed by atoms with Crippen molar-refractivity contribution in [2.45, 2.75) is 19.3 Å². The highest BCUT2D eigenvalue weighted by molar-refractivity contribution is 5.98. The molecule has 3 rings (SSSR count). The number of alkyl halides is 3. The van der Waals surface area contributed by atoms with E-state index in [1.165, 1.54) is 23.3 Å². The van der Waals surface area contributed by atoms with Crippen LogP contribution < -0.4 is 10.1 Å². The van der Waals surface area contributed by atoms with Crippen LogP contribution in [0.25, 0.3) is 5.70 Å². The monoisotopic (exact) mass is 428 g/mol. The lowest BCUT2D eigenvalue weighted by molar-refractivity contribution is -0.276. The fraction of sp³-hybridized carbons (Fsp3) is 0.263. The summed E-state index contributed by atoms with van der Waals surface area (Å²) in [6.45, 7) is 1.57. The average molecular weight is 428 g/mol. The van der Waals surface area contributed by atoms with Crippen molar-refractivity contribution in [2.24, 2.45) is 0 Å². The topological polar surface area (TPSA) is 57.7 Å². The molecule has 1 aromatic carbocycles. The first-order valence-corrected chi connectivity index (χ1v) is 8.64. The van der Waals surface area contributed by atoms with Gasteiger partial charge in [-0.3, -0.25) is 4.79 Å². The van der Waals surface area contributed by atoms with Crippen LogP contribution >= 0.6 is 0 Å². The number of carbonyl (C=O) groups is 1. The summed E-state index contributed by atoms with van der Waals surface area (Å²) in [5.74, 6) is -3.13. The van der Waals surface area contributed by atoms with Gasteiger partial charge < -0.3 is 15.1 Å². The number of benzene rings is 1. The van der Waals surface area contributed by atoms with Crippen molar-refractivity contribution in [3.63, 3.8) is 0 Å². The third-order valence-corrected chi connectivity index (χ3v) is 4.60. The largest absolute Gasteiger partial charge is 0.574 e. The number of ether oxygens (including phenoxy) is 1. The average Bonchev–Trinajstić information content (AvgIpc) is 2.92. The molecule has 160 valence electrons. The lowest BCUT2D eigenvalue weighted by Gasteiger charge is -2.28. The van der Waals surface area contributed by atoms with E-state index in [4.69, 9.17) is 0 Å². The van der Waals surface area contributed by atoms with Crippen molar-refractivity contribution in [3.8, 4) is 5.88 Å². The number of hydrogen-bond acceptors (Lipinski definition) is 5. The molecule has 0 bridgehead atoms. The Morgan fingerprint density at radius 1 is 1.20 bits per heavy atom. The van der Waals surface area contributed by atoms with Gasteiger partial charge in [0.15, 0.2) is 0 Å². The Morgan fingerprint density at radius 2 is 1.83 bits per heavy atom. The van der Waals surface area contributed by atoms with Crippen LogP contribution in [0.5, 0.6) is 5.88 Å². The van der Waals surface area contributed by atoms with Gasteiger partial charge in [-0.05, 0) is 30.7 Å². The van der Waals surface area contributed by atoms with Crippen LogP contribution in [0.1, 0.15) is 11.1 Å². The lowest BCUT2D eigenvalue weighted by atomic mass is 10.1. The van der Waals surface area contributed by atoms with Crippen LogP contribution in [-0.2, 0) is 4.79 Å². The second kappa shape index (κ2) is 7.90. The van der Waals surface area contributed by atoms with Gasteiger partial charge in [-0.1, -0.05) is 6.07 Å². The summed E-state index contributed by atoms with van der Waals surface area (Å²) in [5.41, 5.74) is 0.810. The smallest absolute Gasteiger partial charge is 0.388 e. The number of para-hydroxylation sites is 1. The molecule has 0 radical (unpaired) electrons. The zero-order valence-electron chi connectivity index (χ0n) is 16.1. The Balaban J connectivity index is 1.86. The molecule has 1 amide bonds. The van der Waals surface area contributed by atoms with Gasteiger partial charge >= 0.3 is 6.36 Å². The Labute approximate surface area is 168 Å². The van der Waals surface area contributed by atoms with E-state index in [2.05, 4.69) is 15.0 Å². The first kappa shape index (κ1) is 21.5. The number of anilines is 1. The van der Waals surface area contributed by atoms with Crippen molar-refractivity contribution in [1.82, 2.24) is 15.0 Å². The van der Waals surface area contributed by atoms with Gasteiger partial charge in [0.2, 0.25) is 11.8 Å². The van der Waals surface area contributed by atoms with Gasteiger partial charge in [0, 0.05) is 31.9 Å². The zero-order chi connectivity index (χ0) is 22.2. The van der Waals surface area contributed by atoms with Crippen LogP contribution in [0.15, 0.2) is 36.5 Å². The second-order valence-electron chi connectivity index (χ2n) is 6.57. The maximum atomic E-state index is 13.8. The van der Waals surface area contributed by atoms with E-state index in [-0.39, 0.29) is 0 Å². The molecule has 2 heterocycles. The Bertz CT molecular complexity index is 989. The van der Waals surface area contributed by atoms with Crippen molar-refractivity contribution in [2.75, 3.05) is 19.4 Å². The summed E-state index contributed by atoms with van der Waals surface area (Å²) in [6.07, 6.45) is -2.15. The van der Waals surface area contributed by atoms with E-state index >= 15 is 0 Å². The number of amides is 1. The highest BCUT2D eigenvalue weighted by Crippen LogP contribution is 2.32. The summed E-state index contributed by atoms with van der Waals surface area (Å²) in [6, 6.07) is 3.42. The highest BCUT2D eigenvalue weighted by atomic mass is 19.4. The number of nitrogens with zero attached hydrogens (tertiary/aromatic N) is 3. The van der Waals surface area contributed by atoms with Crippen LogP contribution in [0.2, 0.25) is 0 Å². The van der Waals surface area contributed by atoms with Gasteiger partial charge in [0.25, 0.3) is 0 Å². The predicted octanol–water partition coefficient (Wildman–Crippen LogP) is 3.71. The van der Waals surface area contributed by atoms with Crippen LogP contribution in [0.4, 0.5) is 27.6 Å². The number of aromatic nitrogens is 1. The number of rotatable bonds is 4. The first-order valence-electron chi connectivity index (χ1n) is 8.64. The number of nitrogens with one attached hydrogen (secondary N) is 1. The quantitative estimate of drug-likeness (QED) is 0.753. The van der Waals surface area contributed by atoms with Gasteiger partial charge in [-0.2, -0.15) is 0 Å². The summed E-state index contributed by atoms with van der Waals surface area (Å²) in [4.78, 5) is 16.3. The Kier molecular flexibility index (Phi) is 5.66. The third kappa shape index (κ3) is 4.35. The molecular weight excluding hydrogens is 411 g/mol. The van der Waals surface area contributed by atoms with E-state index < -0.39 is 41.5 Å². The fourth-order valence-corrected chi connectivity index (χ4v) is 3.02.